The summed E-state index contributed by atoms with van der Waals surface area (Å²) in [6.45, 7) is 1.67. The molecular weight excluding hydrogens is 286 g/mol. The summed E-state index contributed by atoms with van der Waals surface area (Å²) in [5.41, 5.74) is 2.33. The van der Waals surface area contributed by atoms with Gasteiger partial charge >= 0.3 is 0 Å². The van der Waals surface area contributed by atoms with Crippen LogP contribution >= 0.6 is 11.6 Å². The van der Waals surface area contributed by atoms with Gasteiger partial charge in [-0.2, -0.15) is 5.10 Å². The van der Waals surface area contributed by atoms with E-state index in [4.69, 9.17) is 11.6 Å². The van der Waals surface area contributed by atoms with Crippen molar-refractivity contribution < 1.29 is 4.79 Å². The molecule has 0 atom stereocenters. The maximum atomic E-state index is 12.7. The summed E-state index contributed by atoms with van der Waals surface area (Å²) in [6.07, 6.45) is 6.20. The second-order valence-electron chi connectivity index (χ2n) is 5.37. The summed E-state index contributed by atoms with van der Waals surface area (Å²) >= 11 is 5.91. The molecule has 0 unspecified atom stereocenters. The second-order valence-corrected chi connectivity index (χ2v) is 5.81. The fourth-order valence-corrected chi connectivity index (χ4v) is 2.86. The quantitative estimate of drug-likeness (QED) is 0.918. The lowest BCUT2D eigenvalue weighted by Gasteiger charge is -2.20. The Balaban J connectivity index is 1.87. The van der Waals surface area contributed by atoms with Gasteiger partial charge in [-0.3, -0.25) is 9.89 Å². The van der Waals surface area contributed by atoms with Crippen LogP contribution in [0, 0.1) is 0 Å². The van der Waals surface area contributed by atoms with E-state index in [1.54, 1.807) is 6.20 Å². The molecule has 110 valence electrons. The summed E-state index contributed by atoms with van der Waals surface area (Å²) in [5, 5.41) is 7.67. The Labute approximate surface area is 129 Å². The van der Waals surface area contributed by atoms with Crippen molar-refractivity contribution in [3.05, 3.63) is 41.0 Å². The molecule has 1 saturated heterocycles. The minimum atomic E-state index is 0.0654. The van der Waals surface area contributed by atoms with Crippen molar-refractivity contribution in [2.45, 2.75) is 25.7 Å². The fourth-order valence-electron chi connectivity index (χ4n) is 2.73. The third kappa shape index (κ3) is 3.10. The first-order valence-electron chi connectivity index (χ1n) is 7.34. The molecule has 1 aromatic heterocycles. The Kier molecular flexibility index (Phi) is 4.25. The number of hydrogen-bond acceptors (Lipinski definition) is 2. The van der Waals surface area contributed by atoms with E-state index in [0.717, 1.165) is 37.2 Å². The van der Waals surface area contributed by atoms with Crippen LogP contribution in [0.4, 0.5) is 0 Å². The van der Waals surface area contributed by atoms with Gasteiger partial charge in [0, 0.05) is 23.7 Å². The van der Waals surface area contributed by atoms with Crippen LogP contribution < -0.4 is 0 Å². The lowest BCUT2D eigenvalue weighted by atomic mass is 10.1. The first kappa shape index (κ1) is 14.1. The summed E-state index contributed by atoms with van der Waals surface area (Å²) in [5.74, 6) is 0.0654. The predicted molar refractivity (Wildman–Crippen MR) is 83.4 cm³/mol. The summed E-state index contributed by atoms with van der Waals surface area (Å²) < 4.78 is 0. The van der Waals surface area contributed by atoms with E-state index in [1.165, 1.54) is 12.8 Å². The van der Waals surface area contributed by atoms with Crippen LogP contribution in [0.3, 0.4) is 0 Å². The highest BCUT2D eigenvalue weighted by Crippen LogP contribution is 2.24. The van der Waals surface area contributed by atoms with Crippen LogP contribution in [0.25, 0.3) is 11.3 Å². The number of likely N-dealkylation sites (tertiary alicyclic amines) is 1. The second kappa shape index (κ2) is 6.31. The zero-order chi connectivity index (χ0) is 14.7. The highest BCUT2D eigenvalue weighted by Gasteiger charge is 2.22. The van der Waals surface area contributed by atoms with E-state index < -0.39 is 0 Å². The molecule has 2 heterocycles. The topological polar surface area (TPSA) is 49.0 Å². The van der Waals surface area contributed by atoms with Crippen molar-refractivity contribution in [1.29, 1.82) is 0 Å². The maximum Gasteiger partial charge on any atom is 0.257 e. The number of benzene rings is 1. The molecule has 0 bridgehead atoms. The predicted octanol–water partition coefficient (Wildman–Crippen LogP) is 3.75. The number of aromatic amines is 1. The lowest BCUT2D eigenvalue weighted by molar-refractivity contribution is 0.0762. The number of nitrogens with zero attached hydrogens (tertiary/aromatic N) is 2. The molecule has 4 nitrogen and oxygen atoms in total. The van der Waals surface area contributed by atoms with Crippen LogP contribution in [0.15, 0.2) is 30.5 Å². The maximum absolute atomic E-state index is 12.7. The minimum absolute atomic E-state index is 0.0654. The van der Waals surface area contributed by atoms with E-state index in [9.17, 15) is 4.79 Å². The number of carbonyl (C=O) groups excluding carboxylic acids is 1. The molecule has 1 N–H and O–H groups in total. The number of aromatic nitrogens is 2. The number of hydrogen-bond donors (Lipinski definition) is 1. The number of amides is 1. The third-order valence-corrected chi connectivity index (χ3v) is 4.15. The van der Waals surface area contributed by atoms with Crippen molar-refractivity contribution in [3.8, 4) is 11.3 Å². The van der Waals surface area contributed by atoms with E-state index in [-0.39, 0.29) is 5.91 Å². The molecule has 1 aliphatic heterocycles. The number of rotatable bonds is 2. The van der Waals surface area contributed by atoms with E-state index in [0.29, 0.717) is 10.6 Å². The van der Waals surface area contributed by atoms with E-state index >= 15 is 0 Å². The van der Waals surface area contributed by atoms with Gasteiger partial charge in [0.25, 0.3) is 5.91 Å². The Morgan fingerprint density at radius 2 is 1.76 bits per heavy atom. The average Bonchev–Trinajstić information content (AvgIpc) is 2.82. The van der Waals surface area contributed by atoms with E-state index in [2.05, 4.69) is 10.2 Å². The molecular formula is C16H18ClN3O. The monoisotopic (exact) mass is 303 g/mol. The molecule has 0 aliphatic carbocycles. The molecule has 0 radical (unpaired) electrons. The summed E-state index contributed by atoms with van der Waals surface area (Å²) in [7, 11) is 0. The largest absolute Gasteiger partial charge is 0.339 e. The molecule has 1 fully saturated rings. The highest BCUT2D eigenvalue weighted by molar-refractivity contribution is 6.30. The number of carbonyl (C=O) groups is 1. The molecule has 5 heteroatoms. The molecule has 3 rings (SSSR count). The Hall–Kier alpha value is -1.81. The van der Waals surface area contributed by atoms with Gasteiger partial charge in [0.05, 0.1) is 17.5 Å². The van der Waals surface area contributed by atoms with Crippen LogP contribution in [0.1, 0.15) is 36.0 Å². The van der Waals surface area contributed by atoms with E-state index in [1.807, 2.05) is 29.2 Å². The van der Waals surface area contributed by atoms with Crippen molar-refractivity contribution in [1.82, 2.24) is 15.1 Å². The lowest BCUT2D eigenvalue weighted by Crippen LogP contribution is -2.31. The molecule has 2 aromatic rings. The molecule has 0 spiro atoms. The van der Waals surface area contributed by atoms with Crippen LogP contribution in [-0.2, 0) is 0 Å². The Bertz CT molecular complexity index is 613. The molecule has 1 aromatic carbocycles. The normalized spacial score (nSPS) is 15.8. The zero-order valence-electron chi connectivity index (χ0n) is 11.8. The smallest absolute Gasteiger partial charge is 0.257 e. The summed E-state index contributed by atoms with van der Waals surface area (Å²) in [4.78, 5) is 14.7. The number of H-pyrrole nitrogens is 1. The first-order chi connectivity index (χ1) is 10.3. The van der Waals surface area contributed by atoms with Gasteiger partial charge in [-0.1, -0.05) is 36.6 Å². The fraction of sp³-hybridized carbons (Fsp3) is 0.375. The van der Waals surface area contributed by atoms with Crippen LogP contribution in [-0.4, -0.2) is 34.1 Å². The Morgan fingerprint density at radius 1 is 1.10 bits per heavy atom. The molecule has 21 heavy (non-hydrogen) atoms. The number of halogens is 1. The summed E-state index contributed by atoms with van der Waals surface area (Å²) in [6, 6.07) is 7.43. The van der Waals surface area contributed by atoms with Gasteiger partial charge in [-0.05, 0) is 25.0 Å². The molecule has 0 saturated carbocycles. The van der Waals surface area contributed by atoms with Gasteiger partial charge in [-0.15, -0.1) is 0 Å². The van der Waals surface area contributed by atoms with Crippen LogP contribution in [0.2, 0.25) is 5.02 Å². The van der Waals surface area contributed by atoms with Crippen molar-refractivity contribution in [2.24, 2.45) is 0 Å². The van der Waals surface area contributed by atoms with Gasteiger partial charge < -0.3 is 4.90 Å². The minimum Gasteiger partial charge on any atom is -0.339 e. The van der Waals surface area contributed by atoms with Crippen molar-refractivity contribution in [3.63, 3.8) is 0 Å². The SMILES string of the molecule is O=C(c1cn[nH]c1-c1ccc(Cl)cc1)N1CCCCCC1. The average molecular weight is 304 g/mol. The molecule has 1 aliphatic rings. The molecule has 1 amide bonds. The van der Waals surface area contributed by atoms with Gasteiger partial charge in [0.2, 0.25) is 0 Å². The first-order valence-corrected chi connectivity index (χ1v) is 7.72. The third-order valence-electron chi connectivity index (χ3n) is 3.90. The van der Waals surface area contributed by atoms with Crippen molar-refractivity contribution in [2.75, 3.05) is 13.1 Å². The Morgan fingerprint density at radius 3 is 2.43 bits per heavy atom. The van der Waals surface area contributed by atoms with Crippen LogP contribution in [0.5, 0.6) is 0 Å². The van der Waals surface area contributed by atoms with Gasteiger partial charge in [0.1, 0.15) is 0 Å². The number of nitrogens with one attached hydrogen (secondary N) is 1. The standard InChI is InChI=1S/C16H18ClN3O/c17-13-7-5-12(6-8-13)15-14(11-18-19-15)16(21)20-9-3-1-2-4-10-20/h5-8,11H,1-4,9-10H2,(H,18,19). The zero-order valence-corrected chi connectivity index (χ0v) is 12.6. The highest BCUT2D eigenvalue weighted by atomic mass is 35.5. The van der Waals surface area contributed by atoms with Gasteiger partial charge in [0.15, 0.2) is 0 Å². The van der Waals surface area contributed by atoms with Crippen molar-refractivity contribution >= 4 is 17.5 Å². The van der Waals surface area contributed by atoms with Gasteiger partial charge in [-0.25, -0.2) is 0 Å².